The van der Waals surface area contributed by atoms with E-state index in [1.807, 2.05) is 6.92 Å². The zero-order valence-corrected chi connectivity index (χ0v) is 8.40. The fraction of sp³-hybridized carbons (Fsp3) is 0.364. The lowest BCUT2D eigenvalue weighted by Gasteiger charge is -2.25. The third kappa shape index (κ3) is 1.75. The standard InChI is InChI=1S/C11H11NO3/c1-7-2-3-9(12(14)15)6-11(7)8-4-10(13)5-8/h2-3,6,8H,4-5H2,1H3. The first-order chi connectivity index (χ1) is 7.08. The number of hydrogen-bond acceptors (Lipinski definition) is 3. The Kier molecular flexibility index (Phi) is 2.26. The van der Waals surface area contributed by atoms with Crippen LogP contribution in [0.15, 0.2) is 18.2 Å². The average Bonchev–Trinajstić information content (AvgIpc) is 2.14. The third-order valence-corrected chi connectivity index (χ3v) is 2.86. The average molecular weight is 205 g/mol. The number of nitrogens with zero attached hydrogens (tertiary/aromatic N) is 1. The van der Waals surface area contributed by atoms with Gasteiger partial charge in [0.25, 0.3) is 5.69 Å². The quantitative estimate of drug-likeness (QED) is 0.550. The molecule has 4 heteroatoms. The van der Waals surface area contributed by atoms with E-state index in [2.05, 4.69) is 0 Å². The lowest BCUT2D eigenvalue weighted by atomic mass is 9.77. The number of nitro benzene ring substituents is 1. The third-order valence-electron chi connectivity index (χ3n) is 2.86. The van der Waals surface area contributed by atoms with Crippen LogP contribution in [0.4, 0.5) is 5.69 Å². The van der Waals surface area contributed by atoms with Gasteiger partial charge in [0.05, 0.1) is 4.92 Å². The Morgan fingerprint density at radius 2 is 2.07 bits per heavy atom. The summed E-state index contributed by atoms with van der Waals surface area (Å²) in [6.45, 7) is 1.92. The van der Waals surface area contributed by atoms with Crippen LogP contribution in [0.25, 0.3) is 0 Å². The number of benzene rings is 1. The summed E-state index contributed by atoms with van der Waals surface area (Å²) in [6, 6.07) is 4.84. The van der Waals surface area contributed by atoms with E-state index < -0.39 is 4.92 Å². The van der Waals surface area contributed by atoms with Crippen molar-refractivity contribution < 1.29 is 9.72 Å². The number of Topliss-reactive ketones (excluding diaryl/α,β-unsaturated/α-hetero) is 1. The fourth-order valence-corrected chi connectivity index (χ4v) is 1.89. The number of rotatable bonds is 2. The molecule has 0 spiro atoms. The monoisotopic (exact) mass is 205 g/mol. The highest BCUT2D eigenvalue weighted by molar-refractivity contribution is 5.86. The number of hydrogen-bond donors (Lipinski definition) is 0. The van der Waals surface area contributed by atoms with Crippen LogP contribution in [0.3, 0.4) is 0 Å². The molecule has 1 saturated carbocycles. The molecule has 0 radical (unpaired) electrons. The normalized spacial score (nSPS) is 16.2. The second-order valence-corrected chi connectivity index (χ2v) is 3.94. The summed E-state index contributed by atoms with van der Waals surface area (Å²) in [5, 5.41) is 10.6. The molecule has 1 fully saturated rings. The van der Waals surface area contributed by atoms with Crippen molar-refractivity contribution in [2.75, 3.05) is 0 Å². The van der Waals surface area contributed by atoms with Gasteiger partial charge >= 0.3 is 0 Å². The molecule has 1 aliphatic rings. The zero-order valence-electron chi connectivity index (χ0n) is 8.40. The van der Waals surface area contributed by atoms with Gasteiger partial charge in [-0.25, -0.2) is 0 Å². The van der Waals surface area contributed by atoms with Gasteiger partial charge in [-0.05, 0) is 24.0 Å². The summed E-state index contributed by atoms with van der Waals surface area (Å²) >= 11 is 0. The molecule has 0 heterocycles. The summed E-state index contributed by atoms with van der Waals surface area (Å²) in [7, 11) is 0. The van der Waals surface area contributed by atoms with Crippen molar-refractivity contribution in [1.29, 1.82) is 0 Å². The van der Waals surface area contributed by atoms with Crippen molar-refractivity contribution in [1.82, 2.24) is 0 Å². The number of non-ortho nitro benzene ring substituents is 1. The predicted octanol–water partition coefficient (Wildman–Crippen LogP) is 2.35. The minimum absolute atomic E-state index is 0.106. The van der Waals surface area contributed by atoms with Gasteiger partial charge in [0.1, 0.15) is 5.78 Å². The summed E-state index contributed by atoms with van der Waals surface area (Å²) < 4.78 is 0. The van der Waals surface area contributed by atoms with E-state index in [1.54, 1.807) is 12.1 Å². The minimum Gasteiger partial charge on any atom is -0.300 e. The SMILES string of the molecule is Cc1ccc([N+](=O)[O-])cc1C1CC(=O)C1. The molecule has 1 aliphatic carbocycles. The van der Waals surface area contributed by atoms with Crippen molar-refractivity contribution in [3.63, 3.8) is 0 Å². The van der Waals surface area contributed by atoms with E-state index in [1.165, 1.54) is 6.07 Å². The molecule has 78 valence electrons. The summed E-state index contributed by atoms with van der Waals surface area (Å²) in [6.07, 6.45) is 1.06. The first-order valence-corrected chi connectivity index (χ1v) is 4.84. The Morgan fingerprint density at radius 3 is 2.60 bits per heavy atom. The number of nitro groups is 1. The van der Waals surface area contributed by atoms with Crippen molar-refractivity contribution in [3.8, 4) is 0 Å². The highest BCUT2D eigenvalue weighted by atomic mass is 16.6. The molecule has 0 N–H and O–H groups in total. The van der Waals surface area contributed by atoms with Crippen LogP contribution in [0.5, 0.6) is 0 Å². The van der Waals surface area contributed by atoms with E-state index in [0.717, 1.165) is 11.1 Å². The first-order valence-electron chi connectivity index (χ1n) is 4.84. The molecule has 0 aromatic heterocycles. The number of aryl methyl sites for hydroxylation is 1. The molecule has 15 heavy (non-hydrogen) atoms. The summed E-state index contributed by atoms with van der Waals surface area (Å²) in [4.78, 5) is 21.1. The van der Waals surface area contributed by atoms with E-state index >= 15 is 0 Å². The van der Waals surface area contributed by atoms with Gasteiger partial charge in [0.2, 0.25) is 0 Å². The van der Waals surface area contributed by atoms with Gasteiger partial charge in [0.15, 0.2) is 0 Å². The van der Waals surface area contributed by atoms with Crippen LogP contribution >= 0.6 is 0 Å². The van der Waals surface area contributed by atoms with Crippen LogP contribution in [0, 0.1) is 17.0 Å². The molecule has 0 unspecified atom stereocenters. The van der Waals surface area contributed by atoms with Gasteiger partial charge in [-0.2, -0.15) is 0 Å². The molecule has 0 aliphatic heterocycles. The summed E-state index contributed by atoms with van der Waals surface area (Å²) in [5.74, 6) is 0.434. The Morgan fingerprint density at radius 1 is 1.40 bits per heavy atom. The molecule has 2 rings (SSSR count). The van der Waals surface area contributed by atoms with E-state index in [4.69, 9.17) is 0 Å². The highest BCUT2D eigenvalue weighted by Crippen LogP contribution is 2.36. The second kappa shape index (κ2) is 3.46. The Hall–Kier alpha value is -1.71. The maximum atomic E-state index is 10.9. The maximum absolute atomic E-state index is 10.9. The first kappa shape index (κ1) is 9.83. The largest absolute Gasteiger partial charge is 0.300 e. The Balaban J connectivity index is 2.33. The topological polar surface area (TPSA) is 60.2 Å². The van der Waals surface area contributed by atoms with Crippen molar-refractivity contribution in [2.45, 2.75) is 25.7 Å². The van der Waals surface area contributed by atoms with Crippen LogP contribution in [0.1, 0.15) is 29.9 Å². The van der Waals surface area contributed by atoms with Crippen LogP contribution in [-0.2, 0) is 4.79 Å². The molecule has 0 amide bonds. The highest BCUT2D eigenvalue weighted by Gasteiger charge is 2.29. The Labute approximate surface area is 87.1 Å². The number of carbonyl (C=O) groups excluding carboxylic acids is 1. The molecule has 4 nitrogen and oxygen atoms in total. The van der Waals surface area contributed by atoms with Crippen molar-refractivity contribution in [3.05, 3.63) is 39.4 Å². The van der Waals surface area contributed by atoms with E-state index in [0.29, 0.717) is 12.8 Å². The molecule has 0 atom stereocenters. The summed E-state index contributed by atoms with van der Waals surface area (Å²) in [5.41, 5.74) is 2.08. The molecule has 1 aromatic rings. The number of carbonyl (C=O) groups is 1. The maximum Gasteiger partial charge on any atom is 0.269 e. The fourth-order valence-electron chi connectivity index (χ4n) is 1.89. The van der Waals surface area contributed by atoms with Crippen LogP contribution in [0.2, 0.25) is 0 Å². The minimum atomic E-state index is -0.399. The molecule has 1 aromatic carbocycles. The Bertz CT molecular complexity index is 431. The second-order valence-electron chi connectivity index (χ2n) is 3.94. The molecular weight excluding hydrogens is 194 g/mol. The van der Waals surface area contributed by atoms with Crippen LogP contribution in [-0.4, -0.2) is 10.7 Å². The van der Waals surface area contributed by atoms with E-state index in [9.17, 15) is 14.9 Å². The lowest BCUT2D eigenvalue weighted by molar-refractivity contribution is -0.385. The van der Waals surface area contributed by atoms with Crippen LogP contribution < -0.4 is 0 Å². The van der Waals surface area contributed by atoms with Crippen molar-refractivity contribution >= 4 is 11.5 Å². The predicted molar refractivity (Wildman–Crippen MR) is 54.8 cm³/mol. The molecular formula is C11H11NO3. The zero-order chi connectivity index (χ0) is 11.0. The molecule has 0 saturated heterocycles. The van der Waals surface area contributed by atoms with E-state index in [-0.39, 0.29) is 17.4 Å². The van der Waals surface area contributed by atoms with Crippen molar-refractivity contribution in [2.24, 2.45) is 0 Å². The van der Waals surface area contributed by atoms with Gasteiger partial charge in [0, 0.05) is 25.0 Å². The lowest BCUT2D eigenvalue weighted by Crippen LogP contribution is -2.21. The smallest absolute Gasteiger partial charge is 0.269 e. The molecule has 0 bridgehead atoms. The van der Waals surface area contributed by atoms with Gasteiger partial charge < -0.3 is 0 Å². The van der Waals surface area contributed by atoms with Gasteiger partial charge in [-0.15, -0.1) is 0 Å². The van der Waals surface area contributed by atoms with Gasteiger partial charge in [-0.1, -0.05) is 6.07 Å². The number of ketones is 1. The van der Waals surface area contributed by atoms with Gasteiger partial charge in [-0.3, -0.25) is 14.9 Å².